The minimum atomic E-state index is 0. The second-order valence-electron chi connectivity index (χ2n) is 6.05. The Bertz CT molecular complexity index is 731. The lowest BCUT2D eigenvalue weighted by molar-refractivity contribution is 0.409. The van der Waals surface area contributed by atoms with Crippen LogP contribution in [0.1, 0.15) is 28.7 Å². The number of hydrogen-bond donors (Lipinski definition) is 2. The maximum atomic E-state index is 5.38. The molecule has 0 bridgehead atoms. The zero-order chi connectivity index (χ0) is 16.8. The first-order chi connectivity index (χ1) is 11.8. The number of nitrogens with one attached hydrogen (secondary N) is 2. The van der Waals surface area contributed by atoms with E-state index in [1.807, 2.05) is 18.2 Å². The molecular weight excluding hydrogens is 425 g/mol. The number of hydrogen-bond acceptors (Lipinski definition) is 2. The van der Waals surface area contributed by atoms with E-state index in [4.69, 9.17) is 4.74 Å². The molecule has 4 nitrogen and oxygen atoms in total. The van der Waals surface area contributed by atoms with Crippen LogP contribution in [0.15, 0.2) is 47.5 Å². The standard InChI is InChI=1S/C20H25N3O.HI/c1-21-20(23-14-18-6-3-4-9-19(18)24-2)22-13-15-10-11-16-7-5-8-17(16)12-15;/h3-4,6,9-12H,5,7-8,13-14H2,1-2H3,(H2,21,22,23);1H. The molecule has 0 atom stereocenters. The lowest BCUT2D eigenvalue weighted by atomic mass is 10.1. The summed E-state index contributed by atoms with van der Waals surface area (Å²) in [5.41, 5.74) is 5.43. The summed E-state index contributed by atoms with van der Waals surface area (Å²) in [6.07, 6.45) is 3.73. The normalized spacial score (nSPS) is 13.0. The van der Waals surface area contributed by atoms with Crippen LogP contribution >= 0.6 is 24.0 Å². The van der Waals surface area contributed by atoms with Gasteiger partial charge in [-0.05, 0) is 42.0 Å². The van der Waals surface area contributed by atoms with Gasteiger partial charge in [-0.25, -0.2) is 0 Å². The number of ether oxygens (including phenoxy) is 1. The quantitative estimate of drug-likeness (QED) is 0.415. The molecule has 5 heteroatoms. The molecule has 2 aromatic rings. The lowest BCUT2D eigenvalue weighted by Crippen LogP contribution is -2.36. The zero-order valence-corrected chi connectivity index (χ0v) is 17.2. The van der Waals surface area contributed by atoms with Gasteiger partial charge in [0.15, 0.2) is 5.96 Å². The van der Waals surface area contributed by atoms with Crippen LogP contribution in [0.2, 0.25) is 0 Å². The fourth-order valence-electron chi connectivity index (χ4n) is 3.17. The summed E-state index contributed by atoms with van der Waals surface area (Å²) in [6.45, 7) is 1.45. The molecule has 3 rings (SSSR count). The van der Waals surface area contributed by atoms with Crippen molar-refractivity contribution in [3.05, 3.63) is 64.7 Å². The average molecular weight is 451 g/mol. The van der Waals surface area contributed by atoms with Crippen LogP contribution < -0.4 is 15.4 Å². The van der Waals surface area contributed by atoms with Gasteiger partial charge in [-0.15, -0.1) is 24.0 Å². The van der Waals surface area contributed by atoms with E-state index in [1.165, 1.54) is 36.0 Å². The maximum absolute atomic E-state index is 5.38. The number of fused-ring (bicyclic) bond motifs is 1. The van der Waals surface area contributed by atoms with Crippen molar-refractivity contribution in [3.63, 3.8) is 0 Å². The first-order valence-electron chi connectivity index (χ1n) is 8.47. The lowest BCUT2D eigenvalue weighted by Gasteiger charge is -2.14. The molecule has 134 valence electrons. The molecule has 0 heterocycles. The highest BCUT2D eigenvalue weighted by atomic mass is 127. The minimum Gasteiger partial charge on any atom is -0.496 e. The van der Waals surface area contributed by atoms with Crippen molar-refractivity contribution in [1.29, 1.82) is 0 Å². The van der Waals surface area contributed by atoms with Crippen LogP contribution in [0.25, 0.3) is 0 Å². The molecule has 0 aromatic heterocycles. The molecule has 1 aliphatic carbocycles. The number of guanidine groups is 1. The highest BCUT2D eigenvalue weighted by Crippen LogP contribution is 2.22. The first-order valence-corrected chi connectivity index (χ1v) is 8.47. The zero-order valence-electron chi connectivity index (χ0n) is 14.8. The molecule has 0 unspecified atom stereocenters. The van der Waals surface area contributed by atoms with Crippen molar-refractivity contribution < 1.29 is 4.74 Å². The summed E-state index contributed by atoms with van der Waals surface area (Å²) >= 11 is 0. The van der Waals surface area contributed by atoms with E-state index in [1.54, 1.807) is 14.2 Å². The van der Waals surface area contributed by atoms with E-state index in [-0.39, 0.29) is 24.0 Å². The predicted octanol–water partition coefficient (Wildman–Crippen LogP) is 3.67. The van der Waals surface area contributed by atoms with Gasteiger partial charge in [-0.1, -0.05) is 36.4 Å². The second-order valence-corrected chi connectivity index (χ2v) is 6.05. The molecule has 0 aliphatic heterocycles. The summed E-state index contributed by atoms with van der Waals surface area (Å²) in [4.78, 5) is 4.30. The van der Waals surface area contributed by atoms with Gasteiger partial charge >= 0.3 is 0 Å². The van der Waals surface area contributed by atoms with Gasteiger partial charge in [0, 0.05) is 25.7 Å². The fourth-order valence-corrected chi connectivity index (χ4v) is 3.17. The van der Waals surface area contributed by atoms with Crippen LogP contribution in [0.3, 0.4) is 0 Å². The van der Waals surface area contributed by atoms with Crippen molar-refractivity contribution in [2.45, 2.75) is 32.4 Å². The molecular formula is C20H26IN3O. The topological polar surface area (TPSA) is 45.7 Å². The van der Waals surface area contributed by atoms with E-state index in [0.717, 1.165) is 23.8 Å². The van der Waals surface area contributed by atoms with Crippen LogP contribution in [0.4, 0.5) is 0 Å². The monoisotopic (exact) mass is 451 g/mol. The highest BCUT2D eigenvalue weighted by molar-refractivity contribution is 14.0. The van der Waals surface area contributed by atoms with E-state index in [0.29, 0.717) is 6.54 Å². The maximum Gasteiger partial charge on any atom is 0.191 e. The second kappa shape index (κ2) is 9.65. The third kappa shape index (κ3) is 5.11. The molecule has 1 aliphatic rings. The average Bonchev–Trinajstić information content (AvgIpc) is 3.10. The Balaban J connectivity index is 0.00000225. The Morgan fingerprint density at radius 1 is 1.04 bits per heavy atom. The molecule has 2 aromatic carbocycles. The van der Waals surface area contributed by atoms with Crippen molar-refractivity contribution >= 4 is 29.9 Å². The van der Waals surface area contributed by atoms with Crippen molar-refractivity contribution in [3.8, 4) is 5.75 Å². The van der Waals surface area contributed by atoms with E-state index >= 15 is 0 Å². The van der Waals surface area contributed by atoms with Crippen LogP contribution in [0.5, 0.6) is 5.75 Å². The van der Waals surface area contributed by atoms with Gasteiger partial charge in [0.25, 0.3) is 0 Å². The number of aryl methyl sites for hydroxylation is 2. The summed E-state index contributed by atoms with van der Waals surface area (Å²) < 4.78 is 5.38. The van der Waals surface area contributed by atoms with E-state index < -0.39 is 0 Å². The van der Waals surface area contributed by atoms with Crippen molar-refractivity contribution in [2.24, 2.45) is 4.99 Å². The van der Waals surface area contributed by atoms with E-state index in [9.17, 15) is 0 Å². The molecule has 0 saturated heterocycles. The van der Waals surface area contributed by atoms with Gasteiger partial charge in [0.05, 0.1) is 7.11 Å². The molecule has 0 radical (unpaired) electrons. The number of aliphatic imine (C=N–C) groups is 1. The predicted molar refractivity (Wildman–Crippen MR) is 114 cm³/mol. The van der Waals surface area contributed by atoms with Gasteiger partial charge in [-0.3, -0.25) is 4.99 Å². The Labute approximate surface area is 167 Å². The Hall–Kier alpha value is -1.76. The van der Waals surface area contributed by atoms with Gasteiger partial charge in [0.1, 0.15) is 5.75 Å². The first kappa shape index (κ1) is 19.6. The number of halogens is 1. The smallest absolute Gasteiger partial charge is 0.191 e. The van der Waals surface area contributed by atoms with Crippen LogP contribution in [-0.4, -0.2) is 20.1 Å². The molecule has 2 N–H and O–H groups in total. The van der Waals surface area contributed by atoms with Gasteiger partial charge in [0.2, 0.25) is 0 Å². The minimum absolute atomic E-state index is 0. The molecule has 0 amide bonds. The number of methoxy groups -OCH3 is 1. The van der Waals surface area contributed by atoms with Crippen molar-refractivity contribution in [2.75, 3.05) is 14.2 Å². The third-order valence-corrected chi connectivity index (χ3v) is 4.49. The van der Waals surface area contributed by atoms with Gasteiger partial charge < -0.3 is 15.4 Å². The van der Waals surface area contributed by atoms with Crippen LogP contribution in [-0.2, 0) is 25.9 Å². The van der Waals surface area contributed by atoms with Gasteiger partial charge in [-0.2, -0.15) is 0 Å². The summed E-state index contributed by atoms with van der Waals surface area (Å²) in [5.74, 6) is 1.68. The van der Waals surface area contributed by atoms with Crippen molar-refractivity contribution in [1.82, 2.24) is 10.6 Å². The van der Waals surface area contributed by atoms with E-state index in [2.05, 4.69) is 39.9 Å². The highest BCUT2D eigenvalue weighted by Gasteiger charge is 2.11. The molecule has 25 heavy (non-hydrogen) atoms. The SMILES string of the molecule is CN=C(NCc1ccc2c(c1)CCC2)NCc1ccccc1OC.I. The molecule has 0 saturated carbocycles. The summed E-state index contributed by atoms with van der Waals surface area (Å²) in [5, 5.41) is 6.72. The molecule has 0 fully saturated rings. The summed E-state index contributed by atoms with van der Waals surface area (Å²) in [7, 11) is 3.49. The van der Waals surface area contributed by atoms with Crippen LogP contribution in [0, 0.1) is 0 Å². The number of nitrogens with zero attached hydrogens (tertiary/aromatic N) is 1. The Morgan fingerprint density at radius 3 is 2.60 bits per heavy atom. The number of para-hydroxylation sites is 1. The number of rotatable bonds is 5. The summed E-state index contributed by atoms with van der Waals surface area (Å²) in [6, 6.07) is 14.8. The Kier molecular flexibility index (Phi) is 7.55. The number of benzene rings is 2. The largest absolute Gasteiger partial charge is 0.496 e. The fraction of sp³-hybridized carbons (Fsp3) is 0.350. The molecule has 0 spiro atoms. The third-order valence-electron chi connectivity index (χ3n) is 4.49. The Morgan fingerprint density at radius 2 is 1.80 bits per heavy atom.